The number of hydrogen-bond acceptors (Lipinski definition) is 3. The quantitative estimate of drug-likeness (QED) is 0.344. The Morgan fingerprint density at radius 3 is 1.82 bits per heavy atom. The van der Waals surface area contributed by atoms with Crippen molar-refractivity contribution in [3.8, 4) is 28.9 Å². The summed E-state index contributed by atoms with van der Waals surface area (Å²) in [5.41, 5.74) is 5.47. The van der Waals surface area contributed by atoms with Crippen LogP contribution < -0.4 is 25.9 Å². The Kier molecular flexibility index (Phi) is 3.45. The van der Waals surface area contributed by atoms with Crippen molar-refractivity contribution in [2.75, 3.05) is 0 Å². The lowest BCUT2D eigenvalue weighted by molar-refractivity contribution is 0.450. The van der Waals surface area contributed by atoms with Crippen LogP contribution in [0.4, 0.5) is 0 Å². The summed E-state index contributed by atoms with van der Waals surface area (Å²) < 4.78 is 15.1. The monoisotopic (exact) mass is 436 g/mol. The maximum atomic E-state index is 6.47. The molecule has 0 saturated carbocycles. The third-order valence-corrected chi connectivity index (χ3v) is 6.96. The van der Waals surface area contributed by atoms with E-state index in [1.807, 2.05) is 24.3 Å². The van der Waals surface area contributed by atoms with Gasteiger partial charge in [-0.15, -0.1) is 0 Å². The topological polar surface area (TPSA) is 36.3 Å². The molecule has 0 N–H and O–H groups in total. The molecule has 0 fully saturated rings. The number of benzene rings is 4. The van der Waals surface area contributed by atoms with E-state index in [2.05, 4.69) is 83.4 Å². The van der Waals surface area contributed by atoms with Gasteiger partial charge in [-0.05, 0) is 35.2 Å². The molecule has 8 rings (SSSR count). The summed E-state index contributed by atoms with van der Waals surface area (Å²) in [5.74, 6) is 3.90. The Hall–Kier alpha value is -4.51. The average molecular weight is 436 g/mol. The van der Waals surface area contributed by atoms with Crippen LogP contribution in [0.3, 0.4) is 0 Å². The minimum Gasteiger partial charge on any atom is -0.458 e. The van der Waals surface area contributed by atoms with Gasteiger partial charge < -0.3 is 9.47 Å². The molecule has 0 atom stereocenters. The summed E-state index contributed by atoms with van der Waals surface area (Å²) in [7, 11) is 0. The summed E-state index contributed by atoms with van der Waals surface area (Å²) in [6.07, 6.45) is 0. The van der Waals surface area contributed by atoms with Crippen molar-refractivity contribution in [2.24, 2.45) is 0 Å². The molecule has 2 aliphatic heterocycles. The van der Waals surface area contributed by atoms with Gasteiger partial charge in [-0.3, -0.25) is 4.57 Å². The Balaban J connectivity index is 1.45. The van der Waals surface area contributed by atoms with Crippen molar-refractivity contribution in [1.29, 1.82) is 0 Å². The fourth-order valence-corrected chi connectivity index (χ4v) is 5.53. The van der Waals surface area contributed by atoms with Crippen LogP contribution >= 0.6 is 0 Å². The Bertz CT molecular complexity index is 1660. The van der Waals surface area contributed by atoms with Crippen molar-refractivity contribution in [1.82, 2.24) is 9.55 Å². The van der Waals surface area contributed by atoms with E-state index in [1.54, 1.807) is 0 Å². The van der Waals surface area contributed by atoms with Crippen LogP contribution in [0.5, 0.6) is 23.1 Å². The SMILES string of the molecule is c1ccc2c(c1)Oc1cc(-n3c4ccccc4c4ccccc43)nc3c1B2c1ccccc1O3. The highest BCUT2D eigenvalue weighted by molar-refractivity contribution is 6.98. The molecule has 0 saturated heterocycles. The number of rotatable bonds is 1. The van der Waals surface area contributed by atoms with Gasteiger partial charge in [0.2, 0.25) is 5.88 Å². The van der Waals surface area contributed by atoms with Gasteiger partial charge in [-0.1, -0.05) is 72.8 Å². The van der Waals surface area contributed by atoms with E-state index in [0.29, 0.717) is 5.88 Å². The van der Waals surface area contributed by atoms with E-state index in [0.717, 1.165) is 50.5 Å². The lowest BCUT2D eigenvalue weighted by Gasteiger charge is -2.32. The van der Waals surface area contributed by atoms with E-state index < -0.39 is 0 Å². The van der Waals surface area contributed by atoms with Gasteiger partial charge >= 0.3 is 0 Å². The molecule has 0 spiro atoms. The molecule has 0 aliphatic carbocycles. The summed E-state index contributed by atoms with van der Waals surface area (Å²) in [6.45, 7) is 0.0274. The van der Waals surface area contributed by atoms with E-state index >= 15 is 0 Å². The molecule has 5 heteroatoms. The highest BCUT2D eigenvalue weighted by Gasteiger charge is 2.41. The summed E-state index contributed by atoms with van der Waals surface area (Å²) in [6, 6.07) is 35.4. The average Bonchev–Trinajstić information content (AvgIpc) is 3.23. The highest BCUT2D eigenvalue weighted by atomic mass is 16.5. The van der Waals surface area contributed by atoms with Gasteiger partial charge in [0, 0.05) is 22.3 Å². The molecule has 4 heterocycles. The van der Waals surface area contributed by atoms with Crippen molar-refractivity contribution < 1.29 is 9.47 Å². The lowest BCUT2D eigenvalue weighted by atomic mass is 9.35. The lowest BCUT2D eigenvalue weighted by Crippen LogP contribution is -2.57. The van der Waals surface area contributed by atoms with E-state index in [1.165, 1.54) is 10.8 Å². The zero-order valence-electron chi connectivity index (χ0n) is 18.1. The predicted molar refractivity (Wildman–Crippen MR) is 136 cm³/mol. The van der Waals surface area contributed by atoms with Crippen molar-refractivity contribution in [3.63, 3.8) is 0 Å². The van der Waals surface area contributed by atoms with Crippen molar-refractivity contribution in [3.05, 3.63) is 103 Å². The maximum Gasteiger partial charge on any atom is 0.262 e. The van der Waals surface area contributed by atoms with Crippen LogP contribution in [-0.2, 0) is 0 Å². The molecule has 34 heavy (non-hydrogen) atoms. The normalized spacial score (nSPS) is 13.1. The predicted octanol–water partition coefficient (Wildman–Crippen LogP) is 4.91. The van der Waals surface area contributed by atoms with E-state index in [4.69, 9.17) is 14.5 Å². The molecule has 158 valence electrons. The van der Waals surface area contributed by atoms with E-state index in [9.17, 15) is 0 Å². The van der Waals surface area contributed by atoms with Gasteiger partial charge in [0.05, 0.1) is 11.0 Å². The van der Waals surface area contributed by atoms with Crippen LogP contribution in [0.15, 0.2) is 103 Å². The van der Waals surface area contributed by atoms with Gasteiger partial charge in [0.25, 0.3) is 6.71 Å². The number of pyridine rings is 1. The standard InChI is InChI=1S/C29H17BN2O2/c1-5-13-22-18(9-1)19-10-2-6-14-23(19)32(22)27-17-26-28-29(31-27)34-25-16-8-4-12-21(25)30(28)20-11-3-7-15-24(20)33-26/h1-17H. The van der Waals surface area contributed by atoms with Crippen molar-refractivity contribution >= 4 is 44.9 Å². The minimum absolute atomic E-state index is 0.0274. The van der Waals surface area contributed by atoms with E-state index in [-0.39, 0.29) is 6.71 Å². The van der Waals surface area contributed by atoms with Crippen LogP contribution in [-0.4, -0.2) is 16.3 Å². The van der Waals surface area contributed by atoms with Gasteiger partial charge in [-0.2, -0.15) is 4.98 Å². The third kappa shape index (κ3) is 2.31. The second-order valence-corrected chi connectivity index (χ2v) is 8.78. The summed E-state index contributed by atoms with van der Waals surface area (Å²) in [4.78, 5) is 5.08. The molecule has 2 aliphatic rings. The molecule has 4 nitrogen and oxygen atoms in total. The number of fused-ring (bicyclic) bond motifs is 7. The van der Waals surface area contributed by atoms with Crippen LogP contribution in [0.25, 0.3) is 27.6 Å². The Morgan fingerprint density at radius 2 is 1.15 bits per heavy atom. The fourth-order valence-electron chi connectivity index (χ4n) is 5.53. The first-order chi connectivity index (χ1) is 16.9. The van der Waals surface area contributed by atoms with Crippen LogP contribution in [0.1, 0.15) is 0 Å². The molecule has 2 aromatic heterocycles. The molecule has 0 bridgehead atoms. The molecular formula is C29H17BN2O2. The first-order valence-corrected chi connectivity index (χ1v) is 11.4. The third-order valence-electron chi connectivity index (χ3n) is 6.96. The van der Waals surface area contributed by atoms with Gasteiger partial charge in [-0.25, -0.2) is 0 Å². The first-order valence-electron chi connectivity index (χ1n) is 11.4. The van der Waals surface area contributed by atoms with Crippen LogP contribution in [0, 0.1) is 0 Å². The van der Waals surface area contributed by atoms with Gasteiger partial charge in [0.1, 0.15) is 23.1 Å². The second-order valence-electron chi connectivity index (χ2n) is 8.78. The number of aromatic nitrogens is 2. The molecule has 6 aromatic rings. The van der Waals surface area contributed by atoms with Crippen molar-refractivity contribution in [2.45, 2.75) is 0 Å². The second kappa shape index (κ2) is 6.52. The molecular weight excluding hydrogens is 419 g/mol. The highest BCUT2D eigenvalue weighted by Crippen LogP contribution is 2.37. The number of ether oxygens (including phenoxy) is 2. The Morgan fingerprint density at radius 1 is 0.588 bits per heavy atom. The molecule has 4 aromatic carbocycles. The zero-order chi connectivity index (χ0) is 22.2. The molecule has 0 unspecified atom stereocenters. The Labute approximate surface area is 196 Å². The fraction of sp³-hybridized carbons (Fsp3) is 0. The number of hydrogen-bond donors (Lipinski definition) is 0. The first kappa shape index (κ1) is 18.0. The number of nitrogens with zero attached hydrogens (tertiary/aromatic N) is 2. The van der Waals surface area contributed by atoms with Crippen LogP contribution in [0.2, 0.25) is 0 Å². The smallest absolute Gasteiger partial charge is 0.262 e. The maximum absolute atomic E-state index is 6.47. The zero-order valence-corrected chi connectivity index (χ0v) is 18.1. The summed E-state index contributed by atoms with van der Waals surface area (Å²) in [5, 5.41) is 2.39. The largest absolute Gasteiger partial charge is 0.458 e. The molecule has 0 amide bonds. The minimum atomic E-state index is 0.0274. The van der Waals surface area contributed by atoms with Gasteiger partial charge in [0.15, 0.2) is 0 Å². The number of para-hydroxylation sites is 4. The molecule has 0 radical (unpaired) electrons. The summed E-state index contributed by atoms with van der Waals surface area (Å²) >= 11 is 0.